The summed E-state index contributed by atoms with van der Waals surface area (Å²) in [7, 11) is 3.27. The summed E-state index contributed by atoms with van der Waals surface area (Å²) in [4.78, 5) is 12.6. The van der Waals surface area contributed by atoms with Crippen LogP contribution in [0.2, 0.25) is 0 Å². The van der Waals surface area contributed by atoms with E-state index in [9.17, 15) is 4.79 Å². The lowest BCUT2D eigenvalue weighted by atomic mass is 9.91. The Balaban J connectivity index is 1.69. The maximum absolute atomic E-state index is 12.6. The van der Waals surface area contributed by atoms with E-state index in [1.165, 1.54) is 12.8 Å². The molecule has 0 radical (unpaired) electrons. The summed E-state index contributed by atoms with van der Waals surface area (Å²) in [6.45, 7) is 0. The van der Waals surface area contributed by atoms with Crippen LogP contribution in [0.25, 0.3) is 0 Å². The molecule has 1 aromatic carbocycles. The molecule has 2 saturated heterocycles. The number of methoxy groups -OCH3 is 2. The highest BCUT2D eigenvalue weighted by Gasteiger charge is 2.37. The van der Waals surface area contributed by atoms with Crippen LogP contribution in [-0.4, -0.2) is 30.5 Å². The number of benzene rings is 1. The summed E-state index contributed by atoms with van der Waals surface area (Å²) in [5.74, 6) is 2.12. The monoisotopic (exact) mass is 306 g/mol. The van der Waals surface area contributed by atoms with Gasteiger partial charge in [0.2, 0.25) is 0 Å². The third kappa shape index (κ3) is 3.37. The molecule has 0 spiro atoms. The molecule has 2 heterocycles. The Bertz CT molecular complexity index is 495. The van der Waals surface area contributed by atoms with E-state index in [4.69, 9.17) is 9.47 Å². The maximum atomic E-state index is 12.6. The molecule has 0 saturated carbocycles. The summed E-state index contributed by atoms with van der Waals surface area (Å²) in [6.07, 6.45) is 5.22. The molecule has 3 rings (SSSR count). The molecular weight excluding hydrogens is 284 g/mol. The van der Waals surface area contributed by atoms with Gasteiger partial charge in [-0.3, -0.25) is 4.79 Å². The Morgan fingerprint density at radius 3 is 2.19 bits per heavy atom. The van der Waals surface area contributed by atoms with E-state index in [1.54, 1.807) is 14.2 Å². The SMILES string of the molecule is COc1cc(CC(=O)C2CC3CCC(C2)S3)cc(OC)c1. The highest BCUT2D eigenvalue weighted by molar-refractivity contribution is 8.00. The lowest BCUT2D eigenvalue weighted by Crippen LogP contribution is -2.25. The Morgan fingerprint density at radius 1 is 1.10 bits per heavy atom. The van der Waals surface area contributed by atoms with E-state index >= 15 is 0 Å². The largest absolute Gasteiger partial charge is 0.497 e. The maximum Gasteiger partial charge on any atom is 0.140 e. The lowest BCUT2D eigenvalue weighted by Gasteiger charge is -2.26. The molecule has 2 bridgehead atoms. The third-order valence-electron chi connectivity index (χ3n) is 4.54. The van der Waals surface area contributed by atoms with Gasteiger partial charge in [-0.05, 0) is 43.4 Å². The van der Waals surface area contributed by atoms with Gasteiger partial charge in [-0.1, -0.05) is 0 Å². The van der Waals surface area contributed by atoms with Gasteiger partial charge >= 0.3 is 0 Å². The molecule has 114 valence electrons. The first-order valence-electron chi connectivity index (χ1n) is 7.58. The summed E-state index contributed by atoms with van der Waals surface area (Å²) in [5.41, 5.74) is 0.988. The van der Waals surface area contributed by atoms with E-state index < -0.39 is 0 Å². The van der Waals surface area contributed by atoms with E-state index in [-0.39, 0.29) is 5.92 Å². The zero-order valence-corrected chi connectivity index (χ0v) is 13.4. The minimum absolute atomic E-state index is 0.251. The first-order chi connectivity index (χ1) is 10.2. The lowest BCUT2D eigenvalue weighted by molar-refractivity contribution is -0.122. The van der Waals surface area contributed by atoms with Crippen molar-refractivity contribution in [3.63, 3.8) is 0 Å². The van der Waals surface area contributed by atoms with Crippen LogP contribution in [0.15, 0.2) is 18.2 Å². The van der Waals surface area contributed by atoms with Crippen LogP contribution in [0.1, 0.15) is 31.2 Å². The number of rotatable bonds is 5. The number of Topliss-reactive ketones (excluding diaryl/α,β-unsaturated/α-hetero) is 1. The molecule has 2 unspecified atom stereocenters. The first kappa shape index (κ1) is 14.8. The Kier molecular flexibility index (Phi) is 4.43. The van der Waals surface area contributed by atoms with Gasteiger partial charge in [0.25, 0.3) is 0 Å². The second-order valence-electron chi connectivity index (χ2n) is 5.99. The van der Waals surface area contributed by atoms with Crippen molar-refractivity contribution in [3.8, 4) is 11.5 Å². The van der Waals surface area contributed by atoms with E-state index in [1.807, 2.05) is 18.2 Å². The molecule has 0 amide bonds. The van der Waals surface area contributed by atoms with Gasteiger partial charge in [0, 0.05) is 28.9 Å². The van der Waals surface area contributed by atoms with Crippen LogP contribution in [0, 0.1) is 5.92 Å². The highest BCUT2D eigenvalue weighted by atomic mass is 32.2. The van der Waals surface area contributed by atoms with Gasteiger partial charge in [0.1, 0.15) is 17.3 Å². The minimum atomic E-state index is 0.251. The van der Waals surface area contributed by atoms with Gasteiger partial charge in [-0.25, -0.2) is 0 Å². The fourth-order valence-electron chi connectivity index (χ4n) is 3.43. The van der Waals surface area contributed by atoms with Crippen LogP contribution >= 0.6 is 11.8 Å². The molecule has 1 aromatic rings. The molecule has 2 aliphatic rings. The van der Waals surface area contributed by atoms with Gasteiger partial charge in [0.05, 0.1) is 14.2 Å². The highest BCUT2D eigenvalue weighted by Crippen LogP contribution is 2.46. The van der Waals surface area contributed by atoms with Gasteiger partial charge in [-0.2, -0.15) is 11.8 Å². The molecule has 0 aliphatic carbocycles. The number of ether oxygens (including phenoxy) is 2. The van der Waals surface area contributed by atoms with Crippen LogP contribution in [-0.2, 0) is 11.2 Å². The molecular formula is C17H22O3S. The number of thioether (sulfide) groups is 1. The van der Waals surface area contributed by atoms with Crippen molar-refractivity contribution in [3.05, 3.63) is 23.8 Å². The average molecular weight is 306 g/mol. The van der Waals surface area contributed by atoms with E-state index in [2.05, 4.69) is 11.8 Å². The molecule has 2 aliphatic heterocycles. The number of carbonyl (C=O) groups is 1. The van der Waals surface area contributed by atoms with Gasteiger partial charge < -0.3 is 9.47 Å². The smallest absolute Gasteiger partial charge is 0.140 e. The zero-order chi connectivity index (χ0) is 14.8. The fraction of sp³-hybridized carbons (Fsp3) is 0.588. The number of hydrogen-bond donors (Lipinski definition) is 0. The van der Waals surface area contributed by atoms with Crippen molar-refractivity contribution in [2.75, 3.05) is 14.2 Å². The third-order valence-corrected chi connectivity index (χ3v) is 6.16. The minimum Gasteiger partial charge on any atom is -0.497 e. The fourth-order valence-corrected chi connectivity index (χ4v) is 5.21. The normalized spacial score (nSPS) is 27.4. The Labute approximate surface area is 130 Å². The summed E-state index contributed by atoms with van der Waals surface area (Å²) in [5, 5.41) is 1.44. The van der Waals surface area contributed by atoms with Crippen molar-refractivity contribution < 1.29 is 14.3 Å². The van der Waals surface area contributed by atoms with E-state index in [0.29, 0.717) is 12.2 Å². The number of fused-ring (bicyclic) bond motifs is 2. The van der Waals surface area contributed by atoms with E-state index in [0.717, 1.165) is 40.4 Å². The van der Waals surface area contributed by atoms with Crippen LogP contribution in [0.3, 0.4) is 0 Å². The summed E-state index contributed by atoms with van der Waals surface area (Å²) in [6, 6.07) is 5.71. The Hall–Kier alpha value is -1.16. The molecule has 21 heavy (non-hydrogen) atoms. The summed E-state index contributed by atoms with van der Waals surface area (Å²) >= 11 is 2.10. The second kappa shape index (κ2) is 6.30. The molecule has 0 aromatic heterocycles. The number of hydrogen-bond acceptors (Lipinski definition) is 4. The summed E-state index contributed by atoms with van der Waals surface area (Å²) < 4.78 is 10.5. The van der Waals surface area contributed by atoms with Crippen LogP contribution in [0.4, 0.5) is 0 Å². The zero-order valence-electron chi connectivity index (χ0n) is 12.6. The standard InChI is InChI=1S/C17H22O3S/c1-19-13-5-11(6-14(10-13)20-2)7-17(18)12-8-15-3-4-16(9-12)21-15/h5-6,10,12,15-16H,3-4,7-9H2,1-2H3. The van der Waals surface area contributed by atoms with Crippen molar-refractivity contribution in [2.45, 2.75) is 42.6 Å². The molecule has 4 heteroatoms. The predicted octanol–water partition coefficient (Wildman–Crippen LogP) is 3.49. The molecule has 0 N–H and O–H groups in total. The molecule has 2 fully saturated rings. The predicted molar refractivity (Wildman–Crippen MR) is 85.4 cm³/mol. The van der Waals surface area contributed by atoms with Crippen molar-refractivity contribution in [1.82, 2.24) is 0 Å². The van der Waals surface area contributed by atoms with Crippen LogP contribution in [0.5, 0.6) is 11.5 Å². The molecule has 2 atom stereocenters. The quantitative estimate of drug-likeness (QED) is 0.834. The topological polar surface area (TPSA) is 35.5 Å². The number of carbonyl (C=O) groups excluding carboxylic acids is 1. The van der Waals surface area contributed by atoms with Gasteiger partial charge in [-0.15, -0.1) is 0 Å². The van der Waals surface area contributed by atoms with Crippen LogP contribution < -0.4 is 9.47 Å². The van der Waals surface area contributed by atoms with Crippen molar-refractivity contribution >= 4 is 17.5 Å². The average Bonchev–Trinajstić information content (AvgIpc) is 2.84. The molecule has 3 nitrogen and oxygen atoms in total. The van der Waals surface area contributed by atoms with Crippen molar-refractivity contribution in [1.29, 1.82) is 0 Å². The van der Waals surface area contributed by atoms with Crippen molar-refractivity contribution in [2.24, 2.45) is 5.92 Å². The van der Waals surface area contributed by atoms with Gasteiger partial charge in [0.15, 0.2) is 0 Å². The Morgan fingerprint density at radius 2 is 1.67 bits per heavy atom. The first-order valence-corrected chi connectivity index (χ1v) is 8.52. The second-order valence-corrected chi connectivity index (χ2v) is 7.60. The number of ketones is 1.